The van der Waals surface area contributed by atoms with Crippen molar-refractivity contribution in [3.63, 3.8) is 0 Å². The summed E-state index contributed by atoms with van der Waals surface area (Å²) in [5.74, 6) is 0.304. The number of aliphatic hydroxyl groups is 1. The summed E-state index contributed by atoms with van der Waals surface area (Å²) in [6.07, 6.45) is 0.633. The van der Waals surface area contributed by atoms with Crippen LogP contribution in [0.25, 0.3) is 0 Å². The molecule has 78 valence electrons. The summed E-state index contributed by atoms with van der Waals surface area (Å²) in [5, 5.41) is 10.1. The van der Waals surface area contributed by atoms with Gasteiger partial charge in [-0.1, -0.05) is 36.2 Å². The smallest absolute Gasteiger partial charge is 0.0826 e. The molecule has 2 atom stereocenters. The lowest BCUT2D eigenvalue weighted by atomic mass is 9.95. The Hall–Kier alpha value is 0.390. The number of hydrogen-bond acceptors (Lipinski definition) is 1. The van der Waals surface area contributed by atoms with Crippen molar-refractivity contribution >= 4 is 38.5 Å². The van der Waals surface area contributed by atoms with E-state index in [1.807, 2.05) is 18.2 Å². The first kappa shape index (κ1) is 12.5. The van der Waals surface area contributed by atoms with Gasteiger partial charge in [0.05, 0.1) is 6.10 Å². The molecule has 0 amide bonds. The second-order valence-electron chi connectivity index (χ2n) is 3.50. The van der Waals surface area contributed by atoms with Gasteiger partial charge in [0.2, 0.25) is 0 Å². The first-order valence-corrected chi connectivity index (χ1v) is 6.56. The van der Waals surface area contributed by atoms with E-state index in [9.17, 15) is 5.11 Å². The Morgan fingerprint density at radius 1 is 1.50 bits per heavy atom. The van der Waals surface area contributed by atoms with E-state index in [2.05, 4.69) is 52.4 Å². The summed E-state index contributed by atoms with van der Waals surface area (Å²) in [6, 6.07) is 6.01. The molecule has 0 aliphatic carbocycles. The van der Waals surface area contributed by atoms with Crippen LogP contribution in [0.1, 0.15) is 31.9 Å². The van der Waals surface area contributed by atoms with Gasteiger partial charge in [-0.2, -0.15) is 0 Å². The lowest BCUT2D eigenvalue weighted by molar-refractivity contribution is 0.115. The number of rotatable bonds is 3. The lowest BCUT2D eigenvalue weighted by Crippen LogP contribution is -2.09. The summed E-state index contributed by atoms with van der Waals surface area (Å²) < 4.78 is 2.15. The quantitative estimate of drug-likeness (QED) is 0.795. The molecule has 1 aromatic rings. The minimum atomic E-state index is -0.357. The highest BCUT2D eigenvalue weighted by Gasteiger charge is 2.17. The van der Waals surface area contributed by atoms with E-state index in [4.69, 9.17) is 0 Å². The van der Waals surface area contributed by atoms with Gasteiger partial charge in [0.15, 0.2) is 0 Å². The van der Waals surface area contributed by atoms with E-state index < -0.39 is 0 Å². The molecule has 0 saturated heterocycles. The van der Waals surface area contributed by atoms with Crippen molar-refractivity contribution in [2.24, 2.45) is 5.92 Å². The number of hydrogen-bond donors (Lipinski definition) is 1. The zero-order valence-electron chi connectivity index (χ0n) is 8.30. The maximum absolute atomic E-state index is 10.1. The third kappa shape index (κ3) is 2.94. The van der Waals surface area contributed by atoms with Crippen LogP contribution in [-0.4, -0.2) is 5.11 Å². The molecule has 1 aromatic carbocycles. The Labute approximate surface area is 107 Å². The van der Waals surface area contributed by atoms with Crippen molar-refractivity contribution in [1.82, 2.24) is 0 Å². The molecule has 0 spiro atoms. The van der Waals surface area contributed by atoms with Crippen molar-refractivity contribution in [3.05, 3.63) is 31.8 Å². The fourth-order valence-electron chi connectivity index (χ4n) is 1.27. The van der Waals surface area contributed by atoms with E-state index in [0.29, 0.717) is 5.92 Å². The second-order valence-corrected chi connectivity index (χ2v) is 5.57. The Morgan fingerprint density at radius 2 is 2.14 bits per heavy atom. The topological polar surface area (TPSA) is 20.2 Å². The molecule has 0 radical (unpaired) electrons. The number of benzene rings is 1. The predicted octanol–water partition coefficient (Wildman–Crippen LogP) is 4.13. The molecule has 1 rings (SSSR count). The van der Waals surface area contributed by atoms with Crippen LogP contribution in [0, 0.1) is 9.49 Å². The zero-order chi connectivity index (χ0) is 10.7. The average Bonchev–Trinajstić information content (AvgIpc) is 2.19. The van der Waals surface area contributed by atoms with Gasteiger partial charge in [0.1, 0.15) is 0 Å². The normalized spacial score (nSPS) is 15.2. The average molecular weight is 369 g/mol. The van der Waals surface area contributed by atoms with E-state index in [-0.39, 0.29) is 6.10 Å². The second kappa shape index (κ2) is 5.47. The Morgan fingerprint density at radius 3 is 2.71 bits per heavy atom. The highest BCUT2D eigenvalue weighted by Crippen LogP contribution is 2.29. The lowest BCUT2D eigenvalue weighted by Gasteiger charge is -2.19. The largest absolute Gasteiger partial charge is 0.388 e. The standard InChI is InChI=1S/C11H14BrIO/c1-3-7(2)11(14)9-6-8(12)4-5-10(9)13/h4-7,11,14H,3H2,1-2H3. The van der Waals surface area contributed by atoms with Gasteiger partial charge in [-0.25, -0.2) is 0 Å². The molecule has 0 aliphatic rings. The predicted molar refractivity (Wildman–Crippen MR) is 71.3 cm³/mol. The molecule has 3 heteroatoms. The first-order valence-electron chi connectivity index (χ1n) is 4.69. The molecular weight excluding hydrogens is 355 g/mol. The van der Waals surface area contributed by atoms with Gasteiger partial charge in [-0.3, -0.25) is 0 Å². The molecule has 1 nitrogen and oxygen atoms in total. The zero-order valence-corrected chi connectivity index (χ0v) is 12.0. The molecule has 0 aliphatic heterocycles. The van der Waals surface area contributed by atoms with E-state index in [0.717, 1.165) is 20.0 Å². The molecule has 0 bridgehead atoms. The third-order valence-corrected chi connectivity index (χ3v) is 3.94. The number of aliphatic hydroxyl groups excluding tert-OH is 1. The Balaban J connectivity index is 2.99. The van der Waals surface area contributed by atoms with Gasteiger partial charge in [-0.15, -0.1) is 0 Å². The molecule has 0 fully saturated rings. The summed E-state index contributed by atoms with van der Waals surface area (Å²) in [4.78, 5) is 0. The Kier molecular flexibility index (Phi) is 4.87. The van der Waals surface area contributed by atoms with E-state index in [1.54, 1.807) is 0 Å². The summed E-state index contributed by atoms with van der Waals surface area (Å²) in [7, 11) is 0. The van der Waals surface area contributed by atoms with Crippen molar-refractivity contribution in [2.75, 3.05) is 0 Å². The molecule has 0 saturated carbocycles. The fraction of sp³-hybridized carbons (Fsp3) is 0.455. The highest BCUT2D eigenvalue weighted by atomic mass is 127. The summed E-state index contributed by atoms with van der Waals surface area (Å²) in [5.41, 5.74) is 1.02. The van der Waals surface area contributed by atoms with Crippen molar-refractivity contribution in [1.29, 1.82) is 0 Å². The van der Waals surface area contributed by atoms with Gasteiger partial charge in [0, 0.05) is 8.04 Å². The van der Waals surface area contributed by atoms with Gasteiger partial charge >= 0.3 is 0 Å². The summed E-state index contributed by atoms with van der Waals surface area (Å²) >= 11 is 5.68. The van der Waals surface area contributed by atoms with Gasteiger partial charge in [0.25, 0.3) is 0 Å². The SMILES string of the molecule is CCC(C)C(O)c1cc(Br)ccc1I. The van der Waals surface area contributed by atoms with Crippen LogP contribution in [0.3, 0.4) is 0 Å². The molecule has 1 N–H and O–H groups in total. The van der Waals surface area contributed by atoms with Gasteiger partial charge < -0.3 is 5.11 Å². The van der Waals surface area contributed by atoms with Crippen LogP contribution in [0.5, 0.6) is 0 Å². The first-order chi connectivity index (χ1) is 6.56. The Bertz CT molecular complexity index is 314. The van der Waals surface area contributed by atoms with Crippen molar-refractivity contribution < 1.29 is 5.11 Å². The van der Waals surface area contributed by atoms with E-state index >= 15 is 0 Å². The maximum Gasteiger partial charge on any atom is 0.0826 e. The summed E-state index contributed by atoms with van der Waals surface area (Å²) in [6.45, 7) is 4.17. The molecular formula is C11H14BrIO. The van der Waals surface area contributed by atoms with Crippen LogP contribution in [-0.2, 0) is 0 Å². The third-order valence-electron chi connectivity index (χ3n) is 2.46. The van der Waals surface area contributed by atoms with Crippen LogP contribution in [0.4, 0.5) is 0 Å². The minimum Gasteiger partial charge on any atom is -0.388 e. The van der Waals surface area contributed by atoms with Gasteiger partial charge in [-0.05, 0) is 52.3 Å². The van der Waals surface area contributed by atoms with Crippen molar-refractivity contribution in [2.45, 2.75) is 26.4 Å². The minimum absolute atomic E-state index is 0.304. The van der Waals surface area contributed by atoms with Crippen LogP contribution in [0.15, 0.2) is 22.7 Å². The van der Waals surface area contributed by atoms with Crippen LogP contribution in [0.2, 0.25) is 0 Å². The number of halogens is 2. The molecule has 14 heavy (non-hydrogen) atoms. The van der Waals surface area contributed by atoms with Crippen molar-refractivity contribution in [3.8, 4) is 0 Å². The molecule has 0 aromatic heterocycles. The fourth-order valence-corrected chi connectivity index (χ4v) is 2.30. The highest BCUT2D eigenvalue weighted by molar-refractivity contribution is 14.1. The monoisotopic (exact) mass is 368 g/mol. The van der Waals surface area contributed by atoms with E-state index in [1.165, 1.54) is 0 Å². The molecule has 2 unspecified atom stereocenters. The maximum atomic E-state index is 10.1. The van der Waals surface area contributed by atoms with Crippen LogP contribution < -0.4 is 0 Å². The molecule has 0 heterocycles. The van der Waals surface area contributed by atoms with Crippen LogP contribution >= 0.6 is 38.5 Å².